The smallest absolute Gasteiger partial charge is 0.333 e. The van der Waals surface area contributed by atoms with Crippen molar-refractivity contribution in [2.24, 2.45) is 29.1 Å². The minimum absolute atomic E-state index is 0.232. The standard InChI is InChI=1S/C21H32O3/c1-14(2)7-6-8-15(3)16-9-10-17-18-13-19(22)24-21(18,23-5)12-11-20(16,17)4/h6,8,13-17H,7,9-12H2,1-5H3/b8-6+/t15-,16-,17+,20-,21+/m1/s1. The van der Waals surface area contributed by atoms with E-state index in [1.165, 1.54) is 6.42 Å². The number of rotatable bonds is 5. The first-order chi connectivity index (χ1) is 11.3. The summed E-state index contributed by atoms with van der Waals surface area (Å²) in [4.78, 5) is 11.9. The fraction of sp³-hybridized carbons (Fsp3) is 0.762. The lowest BCUT2D eigenvalue weighted by Gasteiger charge is -2.48. The van der Waals surface area contributed by atoms with Crippen molar-refractivity contribution in [3.63, 3.8) is 0 Å². The zero-order chi connectivity index (χ0) is 17.5. The Hall–Kier alpha value is -1.09. The zero-order valence-corrected chi connectivity index (χ0v) is 15.8. The third-order valence-electron chi connectivity index (χ3n) is 6.77. The topological polar surface area (TPSA) is 35.5 Å². The summed E-state index contributed by atoms with van der Waals surface area (Å²) in [5.41, 5.74) is 1.34. The van der Waals surface area contributed by atoms with Gasteiger partial charge in [0.25, 0.3) is 0 Å². The van der Waals surface area contributed by atoms with Crippen LogP contribution in [0.1, 0.15) is 59.8 Å². The Morgan fingerprint density at radius 3 is 2.75 bits per heavy atom. The van der Waals surface area contributed by atoms with E-state index in [0.29, 0.717) is 23.7 Å². The Morgan fingerprint density at radius 1 is 1.33 bits per heavy atom. The Balaban J connectivity index is 1.81. The van der Waals surface area contributed by atoms with Crippen LogP contribution >= 0.6 is 0 Å². The number of carbonyl (C=O) groups excluding carboxylic acids is 1. The molecule has 3 heteroatoms. The van der Waals surface area contributed by atoms with Gasteiger partial charge in [0.2, 0.25) is 5.79 Å². The summed E-state index contributed by atoms with van der Waals surface area (Å²) < 4.78 is 11.3. The summed E-state index contributed by atoms with van der Waals surface area (Å²) in [6, 6.07) is 0. The molecule has 0 aromatic rings. The molecule has 0 bridgehead atoms. The van der Waals surface area contributed by atoms with E-state index in [4.69, 9.17) is 9.47 Å². The van der Waals surface area contributed by atoms with Gasteiger partial charge in [0.1, 0.15) is 0 Å². The molecule has 2 saturated carbocycles. The summed E-state index contributed by atoms with van der Waals surface area (Å²) in [6.07, 6.45) is 11.8. The number of hydrogen-bond donors (Lipinski definition) is 0. The van der Waals surface area contributed by atoms with Gasteiger partial charge in [-0.15, -0.1) is 0 Å². The van der Waals surface area contributed by atoms with Crippen LogP contribution in [0.25, 0.3) is 0 Å². The number of hydrogen-bond acceptors (Lipinski definition) is 3. The Labute approximate surface area is 146 Å². The van der Waals surface area contributed by atoms with E-state index in [-0.39, 0.29) is 11.4 Å². The molecule has 0 amide bonds. The quantitative estimate of drug-likeness (QED) is 0.532. The van der Waals surface area contributed by atoms with Crippen molar-refractivity contribution in [3.8, 4) is 0 Å². The largest absolute Gasteiger partial charge is 0.426 e. The molecule has 0 aromatic carbocycles. The van der Waals surface area contributed by atoms with Crippen LogP contribution in [0.2, 0.25) is 0 Å². The zero-order valence-electron chi connectivity index (χ0n) is 15.8. The van der Waals surface area contributed by atoms with Gasteiger partial charge in [0.15, 0.2) is 0 Å². The maximum atomic E-state index is 11.9. The van der Waals surface area contributed by atoms with E-state index >= 15 is 0 Å². The molecule has 1 aliphatic heterocycles. The predicted molar refractivity (Wildman–Crippen MR) is 95.2 cm³/mol. The van der Waals surface area contributed by atoms with E-state index in [9.17, 15) is 4.79 Å². The second kappa shape index (κ2) is 6.33. The molecule has 3 rings (SSSR count). The van der Waals surface area contributed by atoms with Crippen LogP contribution in [0.15, 0.2) is 23.8 Å². The maximum absolute atomic E-state index is 11.9. The van der Waals surface area contributed by atoms with Crippen molar-refractivity contribution in [1.29, 1.82) is 0 Å². The SMILES string of the molecule is CO[C@]12CC[C@]3(C)[C@@H]([C@H](C)/C=C/CC(C)C)CC[C@H]3C1=CC(=O)O2. The van der Waals surface area contributed by atoms with Crippen molar-refractivity contribution in [2.75, 3.05) is 7.11 Å². The molecule has 0 radical (unpaired) electrons. The fourth-order valence-electron chi connectivity index (χ4n) is 5.44. The van der Waals surface area contributed by atoms with Crippen molar-refractivity contribution < 1.29 is 14.3 Å². The molecule has 3 nitrogen and oxygen atoms in total. The van der Waals surface area contributed by atoms with Crippen LogP contribution in [0, 0.1) is 29.1 Å². The van der Waals surface area contributed by atoms with Gasteiger partial charge in [-0.05, 0) is 54.8 Å². The highest BCUT2D eigenvalue weighted by Gasteiger charge is 2.60. The molecule has 1 heterocycles. The number of methoxy groups -OCH3 is 1. The van der Waals surface area contributed by atoms with Gasteiger partial charge in [-0.3, -0.25) is 0 Å². The molecule has 0 saturated heterocycles. The average Bonchev–Trinajstić information content (AvgIpc) is 3.03. The molecule has 134 valence electrons. The normalized spacial score (nSPS) is 39.8. The van der Waals surface area contributed by atoms with Crippen LogP contribution in [0.4, 0.5) is 0 Å². The summed E-state index contributed by atoms with van der Waals surface area (Å²) >= 11 is 0. The highest BCUT2D eigenvalue weighted by atomic mass is 16.7. The fourth-order valence-corrected chi connectivity index (χ4v) is 5.44. The average molecular weight is 332 g/mol. The number of esters is 1. The summed E-state index contributed by atoms with van der Waals surface area (Å²) in [6.45, 7) is 9.30. The molecule has 0 unspecified atom stereocenters. The molecule has 24 heavy (non-hydrogen) atoms. The van der Waals surface area contributed by atoms with E-state index < -0.39 is 5.79 Å². The van der Waals surface area contributed by atoms with Gasteiger partial charge in [-0.1, -0.05) is 39.8 Å². The van der Waals surface area contributed by atoms with Crippen molar-refractivity contribution in [3.05, 3.63) is 23.8 Å². The minimum atomic E-state index is -0.771. The lowest BCUT2D eigenvalue weighted by atomic mass is 9.60. The summed E-state index contributed by atoms with van der Waals surface area (Å²) in [7, 11) is 1.67. The first-order valence-electron chi connectivity index (χ1n) is 9.49. The Kier molecular flexibility index (Phi) is 4.67. The van der Waals surface area contributed by atoms with Crippen molar-refractivity contribution in [1.82, 2.24) is 0 Å². The van der Waals surface area contributed by atoms with E-state index in [0.717, 1.165) is 31.3 Å². The van der Waals surface area contributed by atoms with Crippen molar-refractivity contribution >= 4 is 5.97 Å². The Morgan fingerprint density at radius 2 is 2.08 bits per heavy atom. The molecule has 3 aliphatic rings. The van der Waals surface area contributed by atoms with Gasteiger partial charge in [-0.2, -0.15) is 0 Å². The third kappa shape index (κ3) is 2.75. The molecule has 2 aliphatic carbocycles. The van der Waals surface area contributed by atoms with E-state index in [2.05, 4.69) is 39.8 Å². The highest BCUT2D eigenvalue weighted by molar-refractivity contribution is 5.86. The van der Waals surface area contributed by atoms with Gasteiger partial charge in [-0.25, -0.2) is 4.79 Å². The van der Waals surface area contributed by atoms with Crippen LogP contribution < -0.4 is 0 Å². The van der Waals surface area contributed by atoms with E-state index in [1.54, 1.807) is 13.2 Å². The molecule has 0 aromatic heterocycles. The van der Waals surface area contributed by atoms with Crippen LogP contribution in [0.5, 0.6) is 0 Å². The molecule has 2 fully saturated rings. The summed E-state index contributed by atoms with van der Waals surface area (Å²) in [5.74, 6) is 1.36. The first-order valence-corrected chi connectivity index (χ1v) is 9.49. The second-order valence-corrected chi connectivity index (χ2v) is 8.64. The number of fused-ring (bicyclic) bond motifs is 3. The number of carbonyl (C=O) groups is 1. The van der Waals surface area contributed by atoms with Gasteiger partial charge in [0, 0.05) is 25.2 Å². The van der Waals surface area contributed by atoms with Gasteiger partial charge in [0.05, 0.1) is 0 Å². The second-order valence-electron chi connectivity index (χ2n) is 8.64. The first kappa shape index (κ1) is 17.7. The van der Waals surface area contributed by atoms with Crippen LogP contribution in [-0.4, -0.2) is 18.9 Å². The van der Waals surface area contributed by atoms with E-state index in [1.807, 2.05) is 0 Å². The Bertz CT molecular complexity index is 561. The monoisotopic (exact) mass is 332 g/mol. The summed E-state index contributed by atoms with van der Waals surface area (Å²) in [5, 5.41) is 0. The molecular weight excluding hydrogens is 300 g/mol. The molecule has 5 atom stereocenters. The van der Waals surface area contributed by atoms with Crippen molar-refractivity contribution in [2.45, 2.75) is 65.6 Å². The highest BCUT2D eigenvalue weighted by Crippen LogP contribution is 2.63. The third-order valence-corrected chi connectivity index (χ3v) is 6.77. The van der Waals surface area contributed by atoms with Gasteiger partial charge >= 0.3 is 5.97 Å². The molecular formula is C21H32O3. The molecule has 0 spiro atoms. The predicted octanol–water partition coefficient (Wildman–Crippen LogP) is 4.88. The minimum Gasteiger partial charge on any atom is -0.426 e. The molecule has 0 N–H and O–H groups in total. The van der Waals surface area contributed by atoms with Crippen LogP contribution in [-0.2, 0) is 14.3 Å². The van der Waals surface area contributed by atoms with Gasteiger partial charge < -0.3 is 9.47 Å². The number of allylic oxidation sites excluding steroid dienone is 2. The lowest BCUT2D eigenvalue weighted by Crippen LogP contribution is -2.47. The number of ether oxygens (including phenoxy) is 2. The lowest BCUT2D eigenvalue weighted by molar-refractivity contribution is -0.208. The maximum Gasteiger partial charge on any atom is 0.333 e. The van der Waals surface area contributed by atoms with Crippen LogP contribution in [0.3, 0.4) is 0 Å².